The van der Waals surface area contributed by atoms with Crippen molar-refractivity contribution >= 4 is 15.7 Å². The minimum atomic E-state index is -3.00. The molecule has 0 fully saturated rings. The molecule has 1 aromatic carbocycles. The number of sulfone groups is 1. The molecular weight excluding hydrogens is 264 g/mol. The normalized spacial score (nSPS) is 12.9. The van der Waals surface area contributed by atoms with Gasteiger partial charge in [-0.15, -0.1) is 0 Å². The summed E-state index contributed by atoms with van der Waals surface area (Å²) in [5.74, 6) is -0.138. The van der Waals surface area contributed by atoms with Gasteiger partial charge in [-0.05, 0) is 12.0 Å². The lowest BCUT2D eigenvalue weighted by molar-refractivity contribution is -0.121. The smallest absolute Gasteiger partial charge is 0.220 e. The summed E-state index contributed by atoms with van der Waals surface area (Å²) in [5.41, 5.74) is 6.89. The molecule has 3 N–H and O–H groups in total. The van der Waals surface area contributed by atoms with E-state index in [1.165, 1.54) is 0 Å². The van der Waals surface area contributed by atoms with E-state index in [1.54, 1.807) is 0 Å². The van der Waals surface area contributed by atoms with E-state index in [0.717, 1.165) is 11.8 Å². The van der Waals surface area contributed by atoms with Gasteiger partial charge in [0.05, 0.1) is 5.75 Å². The molecule has 0 heterocycles. The molecule has 5 nitrogen and oxygen atoms in total. The fourth-order valence-electron chi connectivity index (χ4n) is 1.63. The van der Waals surface area contributed by atoms with Crippen LogP contribution in [0, 0.1) is 0 Å². The number of nitrogens with two attached hydrogens (primary N) is 1. The molecule has 0 bridgehead atoms. The van der Waals surface area contributed by atoms with Gasteiger partial charge in [-0.2, -0.15) is 0 Å². The number of nitrogens with one attached hydrogen (secondary N) is 1. The van der Waals surface area contributed by atoms with Crippen LogP contribution in [0.25, 0.3) is 0 Å². The van der Waals surface area contributed by atoms with Crippen LogP contribution in [0.4, 0.5) is 0 Å². The first kappa shape index (κ1) is 15.7. The van der Waals surface area contributed by atoms with Crippen LogP contribution >= 0.6 is 0 Å². The third-order valence-electron chi connectivity index (χ3n) is 2.67. The van der Waals surface area contributed by atoms with Crippen molar-refractivity contribution in [2.45, 2.75) is 18.9 Å². The van der Waals surface area contributed by atoms with Crippen LogP contribution < -0.4 is 11.1 Å². The lowest BCUT2D eigenvalue weighted by Crippen LogP contribution is -2.31. The van der Waals surface area contributed by atoms with Crippen molar-refractivity contribution in [1.82, 2.24) is 5.32 Å². The predicted octanol–water partition coefficient (Wildman–Crippen LogP) is 0.627. The molecule has 106 valence electrons. The van der Waals surface area contributed by atoms with E-state index in [0.29, 0.717) is 13.0 Å². The van der Waals surface area contributed by atoms with Crippen LogP contribution in [-0.4, -0.2) is 32.9 Å². The molecule has 1 aromatic rings. The standard InChI is InChI=1S/C13H20N2O3S/c1-19(17,18)9-5-8-13(16)15-10-12(14)11-6-3-2-4-7-11/h2-4,6-7,12H,5,8-10,14H2,1H3,(H,15,16). The maximum atomic E-state index is 11.5. The molecule has 1 atom stereocenters. The number of hydrogen-bond donors (Lipinski definition) is 2. The second-order valence-electron chi connectivity index (χ2n) is 4.55. The minimum absolute atomic E-state index is 0.0329. The summed E-state index contributed by atoms with van der Waals surface area (Å²) in [6.07, 6.45) is 1.70. The topological polar surface area (TPSA) is 89.3 Å². The second kappa shape index (κ2) is 7.25. The zero-order chi connectivity index (χ0) is 14.3. The van der Waals surface area contributed by atoms with Gasteiger partial charge in [0.25, 0.3) is 0 Å². The largest absolute Gasteiger partial charge is 0.354 e. The number of benzene rings is 1. The lowest BCUT2D eigenvalue weighted by atomic mass is 10.1. The quantitative estimate of drug-likeness (QED) is 0.768. The van der Waals surface area contributed by atoms with E-state index in [2.05, 4.69) is 5.32 Å². The fraction of sp³-hybridized carbons (Fsp3) is 0.462. The molecule has 19 heavy (non-hydrogen) atoms. The summed E-state index contributed by atoms with van der Waals surface area (Å²) in [4.78, 5) is 11.5. The highest BCUT2D eigenvalue weighted by molar-refractivity contribution is 7.90. The van der Waals surface area contributed by atoms with Crippen LogP contribution in [0.2, 0.25) is 0 Å². The van der Waals surface area contributed by atoms with Crippen molar-refractivity contribution in [3.8, 4) is 0 Å². The van der Waals surface area contributed by atoms with E-state index in [9.17, 15) is 13.2 Å². The number of hydrogen-bond acceptors (Lipinski definition) is 4. The monoisotopic (exact) mass is 284 g/mol. The van der Waals surface area contributed by atoms with Gasteiger partial charge in [0.1, 0.15) is 9.84 Å². The number of amides is 1. The molecule has 6 heteroatoms. The molecular formula is C13H20N2O3S. The van der Waals surface area contributed by atoms with E-state index in [1.807, 2.05) is 30.3 Å². The average molecular weight is 284 g/mol. The van der Waals surface area contributed by atoms with Gasteiger partial charge < -0.3 is 11.1 Å². The van der Waals surface area contributed by atoms with E-state index >= 15 is 0 Å². The minimum Gasteiger partial charge on any atom is -0.354 e. The first-order chi connectivity index (χ1) is 8.88. The Kier molecular flexibility index (Phi) is 5.98. The second-order valence-corrected chi connectivity index (χ2v) is 6.81. The third kappa shape index (κ3) is 6.93. The van der Waals surface area contributed by atoms with Crippen LogP contribution in [0.3, 0.4) is 0 Å². The molecule has 0 saturated heterocycles. The Balaban J connectivity index is 2.27. The van der Waals surface area contributed by atoms with Crippen molar-refractivity contribution in [2.75, 3.05) is 18.6 Å². The van der Waals surface area contributed by atoms with Crippen LogP contribution in [0.5, 0.6) is 0 Å². The Labute approximate surface area is 114 Å². The summed E-state index contributed by atoms with van der Waals surface area (Å²) in [7, 11) is -3.00. The van der Waals surface area contributed by atoms with Gasteiger partial charge in [0, 0.05) is 25.3 Å². The van der Waals surface area contributed by atoms with Crippen molar-refractivity contribution in [3.63, 3.8) is 0 Å². The highest BCUT2D eigenvalue weighted by atomic mass is 32.2. The highest BCUT2D eigenvalue weighted by Crippen LogP contribution is 2.07. The first-order valence-electron chi connectivity index (χ1n) is 6.13. The van der Waals surface area contributed by atoms with E-state index < -0.39 is 9.84 Å². The lowest BCUT2D eigenvalue weighted by Gasteiger charge is -2.13. The maximum Gasteiger partial charge on any atom is 0.220 e. The summed E-state index contributed by atoms with van der Waals surface area (Å²) >= 11 is 0. The Morgan fingerprint density at radius 3 is 2.53 bits per heavy atom. The molecule has 0 radical (unpaired) electrons. The average Bonchev–Trinajstić information content (AvgIpc) is 2.35. The number of carbonyl (C=O) groups is 1. The predicted molar refractivity (Wildman–Crippen MR) is 75.3 cm³/mol. The first-order valence-corrected chi connectivity index (χ1v) is 8.19. The third-order valence-corrected chi connectivity index (χ3v) is 3.70. The molecule has 1 unspecified atom stereocenters. The molecule has 0 saturated carbocycles. The molecule has 0 aliphatic heterocycles. The summed E-state index contributed by atoms with van der Waals surface area (Å²) in [6, 6.07) is 9.24. The summed E-state index contributed by atoms with van der Waals surface area (Å²) in [5, 5.41) is 2.71. The van der Waals surface area contributed by atoms with Gasteiger partial charge in [0.15, 0.2) is 0 Å². The molecule has 0 aromatic heterocycles. The van der Waals surface area contributed by atoms with Crippen molar-refractivity contribution < 1.29 is 13.2 Å². The van der Waals surface area contributed by atoms with Gasteiger partial charge >= 0.3 is 0 Å². The van der Waals surface area contributed by atoms with Gasteiger partial charge in [-0.1, -0.05) is 30.3 Å². The highest BCUT2D eigenvalue weighted by Gasteiger charge is 2.09. The van der Waals surface area contributed by atoms with E-state index in [-0.39, 0.29) is 24.1 Å². The molecule has 0 aliphatic rings. The van der Waals surface area contributed by atoms with Gasteiger partial charge in [-0.3, -0.25) is 4.79 Å². The SMILES string of the molecule is CS(=O)(=O)CCCC(=O)NCC(N)c1ccccc1. The summed E-state index contributed by atoms with van der Waals surface area (Å²) < 4.78 is 21.8. The molecule has 1 amide bonds. The van der Waals surface area contributed by atoms with Crippen LogP contribution in [0.15, 0.2) is 30.3 Å². The molecule has 0 spiro atoms. The molecule has 1 rings (SSSR count). The Bertz CT molecular complexity index is 500. The van der Waals surface area contributed by atoms with Gasteiger partial charge in [-0.25, -0.2) is 8.42 Å². The molecule has 0 aliphatic carbocycles. The maximum absolute atomic E-state index is 11.5. The Hall–Kier alpha value is -1.40. The summed E-state index contributed by atoms with van der Waals surface area (Å²) in [6.45, 7) is 0.349. The van der Waals surface area contributed by atoms with Crippen LogP contribution in [0.1, 0.15) is 24.4 Å². The van der Waals surface area contributed by atoms with Crippen LogP contribution in [-0.2, 0) is 14.6 Å². The van der Waals surface area contributed by atoms with Gasteiger partial charge in [0.2, 0.25) is 5.91 Å². The Morgan fingerprint density at radius 1 is 1.32 bits per heavy atom. The number of carbonyl (C=O) groups excluding carboxylic acids is 1. The zero-order valence-electron chi connectivity index (χ0n) is 11.0. The van der Waals surface area contributed by atoms with E-state index in [4.69, 9.17) is 5.73 Å². The Morgan fingerprint density at radius 2 is 1.95 bits per heavy atom. The fourth-order valence-corrected chi connectivity index (χ4v) is 2.29. The van der Waals surface area contributed by atoms with Crippen molar-refractivity contribution in [2.24, 2.45) is 5.73 Å². The van der Waals surface area contributed by atoms with Crippen molar-refractivity contribution in [3.05, 3.63) is 35.9 Å². The zero-order valence-corrected chi connectivity index (χ0v) is 11.8. The number of rotatable bonds is 7. The van der Waals surface area contributed by atoms with Crippen molar-refractivity contribution in [1.29, 1.82) is 0 Å².